The van der Waals surface area contributed by atoms with Crippen molar-refractivity contribution in [3.63, 3.8) is 0 Å². The summed E-state index contributed by atoms with van der Waals surface area (Å²) in [5.41, 5.74) is 0.769. The third kappa shape index (κ3) is 20.1. The number of carbonyl (C=O) groups excluding carboxylic acids is 1. The van der Waals surface area contributed by atoms with Crippen molar-refractivity contribution in [3.8, 4) is 0 Å². The van der Waals surface area contributed by atoms with E-state index in [0.29, 0.717) is 31.3 Å². The molecule has 3 saturated carbocycles. The van der Waals surface area contributed by atoms with Gasteiger partial charge < -0.3 is 20.4 Å². The molecule has 1 aromatic heterocycles. The minimum absolute atomic E-state index is 0.0556. The highest BCUT2D eigenvalue weighted by molar-refractivity contribution is 7.99. The molecule has 0 spiro atoms. The van der Waals surface area contributed by atoms with Gasteiger partial charge in [0, 0.05) is 36.1 Å². The lowest BCUT2D eigenvalue weighted by molar-refractivity contribution is -0.141. The minimum Gasteiger partial charge on any atom is -0.481 e. The van der Waals surface area contributed by atoms with Gasteiger partial charge in [-0.3, -0.25) is 19.2 Å². The number of aliphatic hydroxyl groups excluding tert-OH is 1. The number of carboxylic acids is 3. The predicted molar refractivity (Wildman–Crippen MR) is 169 cm³/mol. The largest absolute Gasteiger partial charge is 0.481 e. The topological polar surface area (TPSA) is 149 Å². The average molecular weight is 629 g/mol. The Labute approximate surface area is 259 Å². The first-order valence-electron chi connectivity index (χ1n) is 15.6. The van der Waals surface area contributed by atoms with Gasteiger partial charge >= 0.3 is 17.9 Å². The van der Waals surface area contributed by atoms with Crippen LogP contribution in [0.25, 0.3) is 0 Å². The molecule has 42 heavy (non-hydrogen) atoms. The second kappa shape index (κ2) is 24.5. The van der Waals surface area contributed by atoms with Gasteiger partial charge in [0.15, 0.2) is 6.29 Å². The molecule has 0 aromatic carbocycles. The summed E-state index contributed by atoms with van der Waals surface area (Å²) in [6.07, 6.45) is 19.7. The summed E-state index contributed by atoms with van der Waals surface area (Å²) in [6, 6.07) is 1.79. The molecule has 5 rings (SSSR count). The van der Waals surface area contributed by atoms with E-state index in [-0.39, 0.29) is 5.92 Å². The number of carboxylic acid groups (broad SMARTS) is 3. The molecule has 0 radical (unpaired) electrons. The predicted octanol–water partition coefficient (Wildman–Crippen LogP) is 7.64. The summed E-state index contributed by atoms with van der Waals surface area (Å²) in [5.74, 6) is 1.96. The lowest BCUT2D eigenvalue weighted by Gasteiger charge is -2.21. The Balaban J connectivity index is 0.000000267. The maximum atomic E-state index is 10.2. The van der Waals surface area contributed by atoms with Crippen LogP contribution >= 0.6 is 23.1 Å². The van der Waals surface area contributed by atoms with Crippen molar-refractivity contribution < 1.29 is 39.6 Å². The van der Waals surface area contributed by atoms with Crippen LogP contribution in [0, 0.1) is 23.7 Å². The normalized spacial score (nSPS) is 20.1. The van der Waals surface area contributed by atoms with Crippen LogP contribution < -0.4 is 0 Å². The standard InChI is InChI=1S/C9H16O2.C8H14O2.C5H8O2S.C5H4OS.C5H10O/c10-9(11)7-6-8-4-2-1-3-5-8;9-8(10)6-5-7-3-1-2-4-7;6-5(7)4-1-2-8-3-4;6-3-5-1-2-7-4-5;6-4-5-2-1-3-5/h8H,1-7H2,(H,10,11);7H,1-6H2,(H,9,10);4H,1-3H2,(H,6,7);1-4H;5-6H,1-4H2. The summed E-state index contributed by atoms with van der Waals surface area (Å²) in [7, 11) is 0. The molecule has 1 aliphatic heterocycles. The quantitative estimate of drug-likeness (QED) is 0.202. The van der Waals surface area contributed by atoms with Crippen LogP contribution in [0.1, 0.15) is 120 Å². The van der Waals surface area contributed by atoms with Gasteiger partial charge in [-0.2, -0.15) is 23.1 Å². The van der Waals surface area contributed by atoms with Crippen molar-refractivity contribution in [2.75, 3.05) is 18.1 Å². The molecule has 0 bridgehead atoms. The molecule has 10 heteroatoms. The van der Waals surface area contributed by atoms with E-state index in [1.165, 1.54) is 88.4 Å². The Kier molecular flexibility index (Phi) is 22.3. The molecule has 4 fully saturated rings. The average Bonchev–Trinajstić information content (AvgIpc) is 3.76. The zero-order valence-corrected chi connectivity index (χ0v) is 26.6. The summed E-state index contributed by atoms with van der Waals surface area (Å²) >= 11 is 3.26. The van der Waals surface area contributed by atoms with Crippen molar-refractivity contribution in [3.05, 3.63) is 22.4 Å². The van der Waals surface area contributed by atoms with Gasteiger partial charge in [-0.25, -0.2) is 0 Å². The Morgan fingerprint density at radius 2 is 1.29 bits per heavy atom. The molecule has 1 saturated heterocycles. The SMILES string of the molecule is O=C(O)C1CCSC1.O=C(O)CCC1CCCC1.O=C(O)CCC1CCCCC1.O=Cc1ccsc1.OCC1CCC1. The van der Waals surface area contributed by atoms with Gasteiger partial charge in [0.25, 0.3) is 0 Å². The number of hydrogen-bond donors (Lipinski definition) is 4. The zero-order valence-electron chi connectivity index (χ0n) is 25.0. The van der Waals surface area contributed by atoms with E-state index in [2.05, 4.69) is 0 Å². The van der Waals surface area contributed by atoms with E-state index < -0.39 is 17.9 Å². The van der Waals surface area contributed by atoms with Gasteiger partial charge in [0.05, 0.1) is 5.92 Å². The first kappa shape index (κ1) is 38.1. The van der Waals surface area contributed by atoms with Crippen LogP contribution in [0.4, 0.5) is 0 Å². The third-order valence-corrected chi connectivity index (χ3v) is 10.0. The number of thiophene rings is 1. The molecule has 240 valence electrons. The third-order valence-electron chi connectivity index (χ3n) is 8.17. The number of aldehydes is 1. The number of carbonyl (C=O) groups is 4. The van der Waals surface area contributed by atoms with Crippen LogP contribution in [0.5, 0.6) is 0 Å². The number of aliphatic hydroxyl groups is 1. The summed E-state index contributed by atoms with van der Waals surface area (Å²) in [4.78, 5) is 40.5. The van der Waals surface area contributed by atoms with Crippen LogP contribution in [0.2, 0.25) is 0 Å². The fourth-order valence-corrected chi connectivity index (χ4v) is 6.99. The first-order chi connectivity index (χ1) is 20.2. The van der Waals surface area contributed by atoms with Crippen LogP contribution in [-0.4, -0.2) is 62.7 Å². The number of thioether (sulfide) groups is 1. The monoisotopic (exact) mass is 628 g/mol. The highest BCUT2D eigenvalue weighted by Gasteiger charge is 2.21. The van der Waals surface area contributed by atoms with Crippen molar-refractivity contribution in [1.29, 1.82) is 0 Å². The van der Waals surface area contributed by atoms with Gasteiger partial charge in [0.2, 0.25) is 0 Å². The minimum atomic E-state index is -0.646. The fraction of sp³-hybridized carbons (Fsp3) is 0.750. The van der Waals surface area contributed by atoms with E-state index in [9.17, 15) is 19.2 Å². The second-order valence-electron chi connectivity index (χ2n) is 11.6. The van der Waals surface area contributed by atoms with Crippen LogP contribution in [-0.2, 0) is 14.4 Å². The first-order valence-corrected chi connectivity index (χ1v) is 17.7. The smallest absolute Gasteiger partial charge is 0.307 e. The van der Waals surface area contributed by atoms with Gasteiger partial charge in [-0.1, -0.05) is 64.2 Å². The Morgan fingerprint density at radius 3 is 1.55 bits per heavy atom. The Hall–Kier alpha value is -1.91. The molecule has 4 aliphatic rings. The summed E-state index contributed by atoms with van der Waals surface area (Å²) in [6.45, 7) is 0.417. The number of aliphatic carboxylic acids is 3. The van der Waals surface area contributed by atoms with E-state index in [4.69, 9.17) is 20.4 Å². The summed E-state index contributed by atoms with van der Waals surface area (Å²) in [5, 5.41) is 37.3. The maximum absolute atomic E-state index is 10.2. The zero-order chi connectivity index (χ0) is 31.0. The van der Waals surface area contributed by atoms with Crippen LogP contribution in [0.15, 0.2) is 16.8 Å². The van der Waals surface area contributed by atoms with E-state index >= 15 is 0 Å². The van der Waals surface area contributed by atoms with Crippen molar-refractivity contribution in [2.24, 2.45) is 23.7 Å². The van der Waals surface area contributed by atoms with E-state index in [1.54, 1.807) is 17.8 Å². The van der Waals surface area contributed by atoms with Crippen molar-refractivity contribution in [2.45, 2.75) is 109 Å². The second-order valence-corrected chi connectivity index (χ2v) is 13.5. The molecule has 0 amide bonds. The molecule has 1 atom stereocenters. The Morgan fingerprint density at radius 1 is 0.762 bits per heavy atom. The highest BCUT2D eigenvalue weighted by Crippen LogP contribution is 2.29. The highest BCUT2D eigenvalue weighted by atomic mass is 32.2. The molecule has 4 N–H and O–H groups in total. The van der Waals surface area contributed by atoms with Crippen molar-refractivity contribution in [1.82, 2.24) is 0 Å². The lowest BCUT2D eigenvalue weighted by atomic mass is 9.86. The molecule has 1 unspecified atom stereocenters. The number of rotatable bonds is 9. The van der Waals surface area contributed by atoms with Gasteiger partial charge in [-0.15, -0.1) is 0 Å². The molecule has 1 aromatic rings. The molecule has 8 nitrogen and oxygen atoms in total. The molecule has 2 heterocycles. The molecular weight excluding hydrogens is 576 g/mol. The van der Waals surface area contributed by atoms with Crippen molar-refractivity contribution >= 4 is 47.3 Å². The van der Waals surface area contributed by atoms with Gasteiger partial charge in [-0.05, 0) is 67.1 Å². The maximum Gasteiger partial charge on any atom is 0.307 e. The van der Waals surface area contributed by atoms with Crippen LogP contribution in [0.3, 0.4) is 0 Å². The summed E-state index contributed by atoms with van der Waals surface area (Å²) < 4.78 is 0. The fourth-order valence-electron chi connectivity index (χ4n) is 5.18. The van der Waals surface area contributed by atoms with E-state index in [1.807, 2.05) is 10.8 Å². The molecule has 3 aliphatic carbocycles. The van der Waals surface area contributed by atoms with Gasteiger partial charge in [0.1, 0.15) is 0 Å². The Bertz CT molecular complexity index is 836. The van der Waals surface area contributed by atoms with E-state index in [0.717, 1.165) is 48.5 Å². The number of hydrogen-bond acceptors (Lipinski definition) is 7. The lowest BCUT2D eigenvalue weighted by Crippen LogP contribution is -2.14. The molecular formula is C32H52O8S2.